The number of rotatable bonds is 13. The summed E-state index contributed by atoms with van der Waals surface area (Å²) in [5, 5.41) is 2.84. The Balaban J connectivity index is 1.80. The number of hydrogen-bond acceptors (Lipinski definition) is 4. The number of amides is 2. The third-order valence-corrected chi connectivity index (χ3v) is 8.91. The van der Waals surface area contributed by atoms with E-state index in [1.54, 1.807) is 18.2 Å². The van der Waals surface area contributed by atoms with Crippen molar-refractivity contribution in [2.75, 3.05) is 17.4 Å². The first-order chi connectivity index (χ1) is 21.1. The molecule has 0 aliphatic carbocycles. The fourth-order valence-corrected chi connectivity index (χ4v) is 6.12. The van der Waals surface area contributed by atoms with Crippen LogP contribution in [0.3, 0.4) is 0 Å². The van der Waals surface area contributed by atoms with Crippen LogP contribution in [0.1, 0.15) is 30.0 Å². The zero-order valence-electron chi connectivity index (χ0n) is 24.6. The van der Waals surface area contributed by atoms with Crippen LogP contribution < -0.4 is 9.62 Å². The molecule has 0 saturated heterocycles. The molecule has 230 valence electrons. The Morgan fingerprint density at radius 1 is 0.841 bits per heavy atom. The topological polar surface area (TPSA) is 86.8 Å². The molecule has 0 aliphatic rings. The molecule has 10 heteroatoms. The Kier molecular flexibility index (Phi) is 10.8. The van der Waals surface area contributed by atoms with Crippen LogP contribution in [0.2, 0.25) is 0 Å². The molecule has 0 radical (unpaired) electrons. The molecule has 4 aromatic rings. The van der Waals surface area contributed by atoms with Gasteiger partial charge in [-0.05, 0) is 61.4 Å². The molecule has 0 unspecified atom stereocenters. The Hall–Kier alpha value is -4.57. The van der Waals surface area contributed by atoms with E-state index < -0.39 is 46.1 Å². The molecule has 1 N–H and O–H groups in total. The van der Waals surface area contributed by atoms with E-state index in [1.807, 2.05) is 44.2 Å². The van der Waals surface area contributed by atoms with Crippen LogP contribution in [0.5, 0.6) is 0 Å². The summed E-state index contributed by atoms with van der Waals surface area (Å²) >= 11 is 0. The smallest absolute Gasteiger partial charge is 0.264 e. The summed E-state index contributed by atoms with van der Waals surface area (Å²) in [6, 6.07) is 24.8. The van der Waals surface area contributed by atoms with Crippen LogP contribution >= 0.6 is 0 Å². The molecule has 0 aliphatic heterocycles. The Morgan fingerprint density at radius 2 is 1.48 bits per heavy atom. The van der Waals surface area contributed by atoms with E-state index in [1.165, 1.54) is 47.4 Å². The predicted octanol–water partition coefficient (Wildman–Crippen LogP) is 5.63. The predicted molar refractivity (Wildman–Crippen MR) is 166 cm³/mol. The summed E-state index contributed by atoms with van der Waals surface area (Å²) in [6.07, 6.45) is 0.760. The van der Waals surface area contributed by atoms with Gasteiger partial charge in [-0.2, -0.15) is 0 Å². The highest BCUT2D eigenvalue weighted by Crippen LogP contribution is 2.26. The second-order valence-corrected chi connectivity index (χ2v) is 12.3. The fourth-order valence-electron chi connectivity index (χ4n) is 4.70. The summed E-state index contributed by atoms with van der Waals surface area (Å²) in [6.45, 7) is 3.06. The number of halogens is 2. The molecule has 7 nitrogen and oxygen atoms in total. The summed E-state index contributed by atoms with van der Waals surface area (Å²) < 4.78 is 57.6. The molecule has 0 bridgehead atoms. The van der Waals surface area contributed by atoms with Gasteiger partial charge in [-0.1, -0.05) is 73.2 Å². The fraction of sp³-hybridized carbons (Fsp3) is 0.235. The van der Waals surface area contributed by atoms with Gasteiger partial charge in [0.05, 0.1) is 10.6 Å². The zero-order valence-corrected chi connectivity index (χ0v) is 25.4. The number of aryl methyl sites for hydroxylation is 1. The standard InChI is InChI=1S/C34H35F2N3O4S/c1-3-21-37-34(41)32(22-26-9-5-4-6-10-26)38(23-27-11-7-8-12-31(27)36)33(40)24-39(29-17-15-28(35)16-18-29)44(42,43)30-19-13-25(2)14-20-30/h4-20,32H,3,21-24H2,1-2H3,(H,37,41)/t32-/m1/s1. The Labute approximate surface area is 257 Å². The van der Waals surface area contributed by atoms with E-state index in [4.69, 9.17) is 0 Å². The monoisotopic (exact) mass is 619 g/mol. The molecule has 0 heterocycles. The van der Waals surface area contributed by atoms with Crippen LogP contribution in [0.25, 0.3) is 0 Å². The third-order valence-electron chi connectivity index (χ3n) is 7.12. The molecule has 4 rings (SSSR count). The molecule has 2 amide bonds. The van der Waals surface area contributed by atoms with Gasteiger partial charge < -0.3 is 10.2 Å². The summed E-state index contributed by atoms with van der Waals surface area (Å²) in [5.41, 5.74) is 1.82. The molecule has 0 spiro atoms. The van der Waals surface area contributed by atoms with Crippen molar-refractivity contribution >= 4 is 27.5 Å². The van der Waals surface area contributed by atoms with Crippen molar-refractivity contribution in [3.63, 3.8) is 0 Å². The third kappa shape index (κ3) is 8.08. The first kappa shape index (κ1) is 32.3. The highest BCUT2D eigenvalue weighted by Gasteiger charge is 2.35. The molecule has 0 fully saturated rings. The van der Waals surface area contributed by atoms with Crippen molar-refractivity contribution in [3.8, 4) is 0 Å². The van der Waals surface area contributed by atoms with Crippen molar-refractivity contribution in [1.82, 2.24) is 10.2 Å². The second kappa shape index (κ2) is 14.7. The molecule has 1 atom stereocenters. The minimum absolute atomic E-state index is 0.0567. The molecule has 0 saturated carbocycles. The lowest BCUT2D eigenvalue weighted by molar-refractivity contribution is -0.140. The number of nitrogens with zero attached hydrogens (tertiary/aromatic N) is 2. The normalized spacial score (nSPS) is 11.9. The minimum atomic E-state index is -4.32. The van der Waals surface area contributed by atoms with E-state index in [0.717, 1.165) is 27.6 Å². The van der Waals surface area contributed by atoms with Crippen molar-refractivity contribution in [2.45, 2.75) is 44.2 Å². The average molecular weight is 620 g/mol. The lowest BCUT2D eigenvalue weighted by atomic mass is 10.0. The van der Waals surface area contributed by atoms with E-state index in [0.29, 0.717) is 13.0 Å². The Morgan fingerprint density at radius 3 is 2.11 bits per heavy atom. The molecule has 0 aromatic heterocycles. The molecule has 4 aromatic carbocycles. The van der Waals surface area contributed by atoms with Crippen LogP contribution in [-0.2, 0) is 32.6 Å². The summed E-state index contributed by atoms with van der Waals surface area (Å²) in [7, 11) is -4.32. The molecular weight excluding hydrogens is 584 g/mol. The number of carbonyl (C=O) groups is 2. The summed E-state index contributed by atoms with van der Waals surface area (Å²) in [5.74, 6) is -2.33. The van der Waals surface area contributed by atoms with Gasteiger partial charge in [0.2, 0.25) is 11.8 Å². The number of hydrogen-bond donors (Lipinski definition) is 1. The zero-order chi connectivity index (χ0) is 31.7. The minimum Gasteiger partial charge on any atom is -0.354 e. The number of nitrogens with one attached hydrogen (secondary N) is 1. The lowest BCUT2D eigenvalue weighted by Gasteiger charge is -2.34. The van der Waals surface area contributed by atoms with E-state index in [-0.39, 0.29) is 29.1 Å². The maximum absolute atomic E-state index is 14.9. The van der Waals surface area contributed by atoms with Gasteiger partial charge in [-0.15, -0.1) is 0 Å². The maximum atomic E-state index is 14.9. The van der Waals surface area contributed by atoms with Crippen LogP contribution in [-0.4, -0.2) is 44.3 Å². The molecular formula is C34H35F2N3O4S. The lowest BCUT2D eigenvalue weighted by Crippen LogP contribution is -2.53. The van der Waals surface area contributed by atoms with Gasteiger partial charge in [-0.25, -0.2) is 17.2 Å². The van der Waals surface area contributed by atoms with Gasteiger partial charge in [0, 0.05) is 25.1 Å². The van der Waals surface area contributed by atoms with Gasteiger partial charge in [0.1, 0.15) is 24.2 Å². The Bertz CT molecular complexity index is 1670. The number of anilines is 1. The highest BCUT2D eigenvalue weighted by molar-refractivity contribution is 7.92. The molecule has 44 heavy (non-hydrogen) atoms. The summed E-state index contributed by atoms with van der Waals surface area (Å²) in [4.78, 5) is 29.0. The van der Waals surface area contributed by atoms with Crippen LogP contribution in [0.15, 0.2) is 108 Å². The van der Waals surface area contributed by atoms with Crippen molar-refractivity contribution in [1.29, 1.82) is 0 Å². The van der Waals surface area contributed by atoms with Gasteiger partial charge >= 0.3 is 0 Å². The van der Waals surface area contributed by atoms with Crippen LogP contribution in [0.4, 0.5) is 14.5 Å². The largest absolute Gasteiger partial charge is 0.354 e. The van der Waals surface area contributed by atoms with Crippen LogP contribution in [0, 0.1) is 18.6 Å². The first-order valence-electron chi connectivity index (χ1n) is 14.3. The number of sulfonamides is 1. The number of benzene rings is 4. The maximum Gasteiger partial charge on any atom is 0.264 e. The van der Waals surface area contributed by atoms with E-state index in [2.05, 4.69) is 5.32 Å². The SMILES string of the molecule is CCCNC(=O)[C@@H](Cc1ccccc1)N(Cc1ccccc1F)C(=O)CN(c1ccc(F)cc1)S(=O)(=O)c1ccc(C)cc1. The van der Waals surface area contributed by atoms with E-state index >= 15 is 0 Å². The second-order valence-electron chi connectivity index (χ2n) is 10.4. The van der Waals surface area contributed by atoms with Gasteiger partial charge in [0.25, 0.3) is 10.0 Å². The van der Waals surface area contributed by atoms with Gasteiger partial charge in [0.15, 0.2) is 0 Å². The van der Waals surface area contributed by atoms with E-state index in [9.17, 15) is 26.8 Å². The quantitative estimate of drug-likeness (QED) is 0.210. The van der Waals surface area contributed by atoms with Crippen molar-refractivity contribution < 1.29 is 26.8 Å². The van der Waals surface area contributed by atoms with Crippen molar-refractivity contribution in [2.24, 2.45) is 0 Å². The first-order valence-corrected chi connectivity index (χ1v) is 15.7. The van der Waals surface area contributed by atoms with Crippen molar-refractivity contribution in [3.05, 3.63) is 131 Å². The average Bonchev–Trinajstić information content (AvgIpc) is 3.02. The highest BCUT2D eigenvalue weighted by atomic mass is 32.2. The van der Waals surface area contributed by atoms with Gasteiger partial charge in [-0.3, -0.25) is 13.9 Å². The number of carbonyl (C=O) groups excluding carboxylic acids is 2.